The number of hydrogen-bond acceptors (Lipinski definition) is 4. The minimum atomic E-state index is 0.0598. The zero-order valence-corrected chi connectivity index (χ0v) is 12.6. The van der Waals surface area contributed by atoms with Crippen molar-refractivity contribution in [2.24, 2.45) is 5.92 Å². The second-order valence-electron chi connectivity index (χ2n) is 5.55. The summed E-state index contributed by atoms with van der Waals surface area (Å²) in [4.78, 5) is 19.7. The average Bonchev–Trinajstić information content (AvgIpc) is 2.79. The van der Waals surface area contributed by atoms with Crippen LogP contribution in [-0.2, 0) is 0 Å². The molecule has 1 saturated heterocycles. The van der Waals surface area contributed by atoms with E-state index in [4.69, 9.17) is 5.73 Å². The van der Waals surface area contributed by atoms with Crippen molar-refractivity contribution < 1.29 is 4.79 Å². The third kappa shape index (κ3) is 2.06. The van der Waals surface area contributed by atoms with Crippen LogP contribution in [0.5, 0.6) is 0 Å². The molecule has 0 saturated carbocycles. The normalized spacial score (nSPS) is 23.2. The zero-order valence-electron chi connectivity index (χ0n) is 11.8. The average molecular weight is 289 g/mol. The Labute approximate surface area is 122 Å². The predicted molar refractivity (Wildman–Crippen MR) is 82.9 cm³/mol. The molecule has 2 aromatic heterocycles. The van der Waals surface area contributed by atoms with Gasteiger partial charge in [0.25, 0.3) is 5.91 Å². The molecular formula is C15H19N3OS. The molecule has 0 aliphatic carbocycles. The van der Waals surface area contributed by atoms with Crippen LogP contribution >= 0.6 is 11.3 Å². The van der Waals surface area contributed by atoms with E-state index in [1.54, 1.807) is 6.20 Å². The number of thiophene rings is 1. The van der Waals surface area contributed by atoms with Gasteiger partial charge < -0.3 is 10.6 Å². The Kier molecular flexibility index (Phi) is 3.38. The van der Waals surface area contributed by atoms with Crippen LogP contribution in [-0.4, -0.2) is 28.4 Å². The van der Waals surface area contributed by atoms with Crippen molar-refractivity contribution in [2.45, 2.75) is 32.7 Å². The first-order chi connectivity index (χ1) is 9.59. The SMILES string of the molecule is CC1CCCN(C(=O)c2sc3cccnc3c2N)C1C. The fourth-order valence-electron chi connectivity index (χ4n) is 2.86. The minimum absolute atomic E-state index is 0.0598. The molecular weight excluding hydrogens is 270 g/mol. The maximum atomic E-state index is 12.8. The Balaban J connectivity index is 1.98. The van der Waals surface area contributed by atoms with E-state index in [-0.39, 0.29) is 11.9 Å². The van der Waals surface area contributed by atoms with Gasteiger partial charge in [0.2, 0.25) is 0 Å². The fourth-order valence-corrected chi connectivity index (χ4v) is 3.90. The summed E-state index contributed by atoms with van der Waals surface area (Å²) >= 11 is 1.45. The van der Waals surface area contributed by atoms with Gasteiger partial charge in [-0.1, -0.05) is 6.92 Å². The Bertz CT molecular complexity index is 652. The first kappa shape index (κ1) is 13.4. The molecule has 0 aromatic carbocycles. The lowest BCUT2D eigenvalue weighted by molar-refractivity contribution is 0.0557. The molecule has 0 bridgehead atoms. The molecule has 2 aromatic rings. The number of likely N-dealkylation sites (tertiary alicyclic amines) is 1. The van der Waals surface area contributed by atoms with Crippen LogP contribution in [0.25, 0.3) is 10.2 Å². The Hall–Kier alpha value is -1.62. The van der Waals surface area contributed by atoms with Crippen molar-refractivity contribution in [2.75, 3.05) is 12.3 Å². The van der Waals surface area contributed by atoms with Gasteiger partial charge in [0.05, 0.1) is 10.4 Å². The quantitative estimate of drug-likeness (QED) is 0.877. The summed E-state index contributed by atoms with van der Waals surface area (Å²) in [6.45, 7) is 5.16. The van der Waals surface area contributed by atoms with Crippen molar-refractivity contribution >= 4 is 33.1 Å². The van der Waals surface area contributed by atoms with Gasteiger partial charge in [0.15, 0.2) is 0 Å². The van der Waals surface area contributed by atoms with E-state index in [1.807, 2.05) is 17.0 Å². The van der Waals surface area contributed by atoms with Gasteiger partial charge in [0, 0.05) is 18.8 Å². The van der Waals surface area contributed by atoms with Gasteiger partial charge >= 0.3 is 0 Å². The highest BCUT2D eigenvalue weighted by Gasteiger charge is 2.31. The number of anilines is 1. The molecule has 0 radical (unpaired) electrons. The van der Waals surface area contributed by atoms with E-state index < -0.39 is 0 Å². The Morgan fingerprint density at radius 3 is 3.05 bits per heavy atom. The highest BCUT2D eigenvalue weighted by molar-refractivity contribution is 7.21. The molecule has 1 fully saturated rings. The van der Waals surface area contributed by atoms with Crippen molar-refractivity contribution in [3.05, 3.63) is 23.2 Å². The molecule has 2 unspecified atom stereocenters. The number of amides is 1. The van der Waals surface area contributed by atoms with E-state index in [2.05, 4.69) is 18.8 Å². The number of pyridine rings is 1. The standard InChI is InChI=1S/C15H19N3OS/c1-9-5-4-8-18(10(9)2)15(19)14-12(16)13-11(20-14)6-3-7-17-13/h3,6-7,9-10H,4-5,8,16H2,1-2H3. The number of nitrogens with two attached hydrogens (primary N) is 1. The summed E-state index contributed by atoms with van der Waals surface area (Å²) in [7, 11) is 0. The number of nitrogen functional groups attached to an aromatic ring is 1. The van der Waals surface area contributed by atoms with Crippen LogP contribution in [0.2, 0.25) is 0 Å². The number of nitrogens with zero attached hydrogens (tertiary/aromatic N) is 2. The summed E-state index contributed by atoms with van der Waals surface area (Å²) < 4.78 is 0.978. The van der Waals surface area contributed by atoms with Crippen LogP contribution in [0.4, 0.5) is 5.69 Å². The molecule has 1 aliphatic rings. The van der Waals surface area contributed by atoms with Gasteiger partial charge in [-0.3, -0.25) is 9.78 Å². The van der Waals surface area contributed by atoms with E-state index in [0.29, 0.717) is 16.5 Å². The lowest BCUT2D eigenvalue weighted by Gasteiger charge is -2.37. The Morgan fingerprint density at radius 2 is 2.30 bits per heavy atom. The second kappa shape index (κ2) is 5.05. The fraction of sp³-hybridized carbons (Fsp3) is 0.467. The summed E-state index contributed by atoms with van der Waals surface area (Å²) in [5, 5.41) is 0. The molecule has 5 heteroatoms. The first-order valence-electron chi connectivity index (χ1n) is 7.03. The predicted octanol–water partition coefficient (Wildman–Crippen LogP) is 3.14. The summed E-state index contributed by atoms with van der Waals surface area (Å²) in [5.41, 5.74) is 7.40. The molecule has 0 spiro atoms. The molecule has 1 amide bonds. The monoisotopic (exact) mass is 289 g/mol. The molecule has 1 aliphatic heterocycles. The van der Waals surface area contributed by atoms with Gasteiger partial charge in [-0.15, -0.1) is 11.3 Å². The van der Waals surface area contributed by atoms with Crippen LogP contribution in [0.1, 0.15) is 36.4 Å². The lowest BCUT2D eigenvalue weighted by atomic mass is 9.92. The number of carbonyl (C=O) groups excluding carboxylic acids is 1. The Morgan fingerprint density at radius 1 is 1.50 bits per heavy atom. The molecule has 3 rings (SSSR count). The maximum Gasteiger partial charge on any atom is 0.266 e. The first-order valence-corrected chi connectivity index (χ1v) is 7.85. The van der Waals surface area contributed by atoms with Crippen LogP contribution in [0, 0.1) is 5.92 Å². The number of aromatic nitrogens is 1. The van der Waals surface area contributed by atoms with Crippen molar-refractivity contribution in [3.63, 3.8) is 0 Å². The number of carbonyl (C=O) groups is 1. The molecule has 3 heterocycles. The highest BCUT2D eigenvalue weighted by Crippen LogP contribution is 2.34. The summed E-state index contributed by atoms with van der Waals surface area (Å²) in [5.74, 6) is 0.603. The van der Waals surface area contributed by atoms with E-state index >= 15 is 0 Å². The molecule has 2 atom stereocenters. The molecule has 4 nitrogen and oxygen atoms in total. The lowest BCUT2D eigenvalue weighted by Crippen LogP contribution is -2.45. The van der Waals surface area contributed by atoms with Crippen molar-refractivity contribution in [1.82, 2.24) is 9.88 Å². The number of piperidine rings is 1. The summed E-state index contributed by atoms with van der Waals surface area (Å²) in [6.07, 6.45) is 3.97. The van der Waals surface area contributed by atoms with Gasteiger partial charge in [-0.05, 0) is 37.8 Å². The van der Waals surface area contributed by atoms with Crippen LogP contribution < -0.4 is 5.73 Å². The zero-order chi connectivity index (χ0) is 14.3. The molecule has 2 N–H and O–H groups in total. The number of fused-ring (bicyclic) bond motifs is 1. The topological polar surface area (TPSA) is 59.2 Å². The van der Waals surface area contributed by atoms with Gasteiger partial charge in [-0.2, -0.15) is 0 Å². The minimum Gasteiger partial charge on any atom is -0.396 e. The van der Waals surface area contributed by atoms with Crippen LogP contribution in [0.15, 0.2) is 18.3 Å². The third-order valence-electron chi connectivity index (χ3n) is 4.31. The van der Waals surface area contributed by atoms with Gasteiger partial charge in [-0.25, -0.2) is 0 Å². The van der Waals surface area contributed by atoms with Crippen molar-refractivity contribution in [1.29, 1.82) is 0 Å². The third-order valence-corrected chi connectivity index (χ3v) is 5.46. The van der Waals surface area contributed by atoms with E-state index in [1.165, 1.54) is 17.8 Å². The smallest absolute Gasteiger partial charge is 0.266 e. The number of rotatable bonds is 1. The maximum absolute atomic E-state index is 12.8. The second-order valence-corrected chi connectivity index (χ2v) is 6.61. The molecule has 106 valence electrons. The van der Waals surface area contributed by atoms with E-state index in [9.17, 15) is 4.79 Å². The number of hydrogen-bond donors (Lipinski definition) is 1. The largest absolute Gasteiger partial charge is 0.396 e. The highest BCUT2D eigenvalue weighted by atomic mass is 32.1. The van der Waals surface area contributed by atoms with Crippen molar-refractivity contribution in [3.8, 4) is 0 Å². The van der Waals surface area contributed by atoms with E-state index in [0.717, 1.165) is 23.2 Å². The summed E-state index contributed by atoms with van der Waals surface area (Å²) in [6, 6.07) is 4.11. The van der Waals surface area contributed by atoms with Gasteiger partial charge in [0.1, 0.15) is 10.4 Å². The molecule has 20 heavy (non-hydrogen) atoms. The van der Waals surface area contributed by atoms with Crippen LogP contribution in [0.3, 0.4) is 0 Å².